The molecule has 0 aromatic carbocycles. The normalized spacial score (nSPS) is 27.3. The molecule has 92 valence electrons. The van der Waals surface area contributed by atoms with Crippen molar-refractivity contribution in [2.24, 2.45) is 17.0 Å². The van der Waals surface area contributed by atoms with E-state index in [0.29, 0.717) is 24.2 Å². The number of fused-ring (bicyclic) bond motifs is 2. The highest BCUT2D eigenvalue weighted by atomic mass is 16.1. The van der Waals surface area contributed by atoms with Crippen LogP contribution in [-0.4, -0.2) is 12.3 Å². The van der Waals surface area contributed by atoms with Gasteiger partial charge in [0.25, 0.3) is 0 Å². The van der Waals surface area contributed by atoms with Crippen LogP contribution in [0.2, 0.25) is 0 Å². The van der Waals surface area contributed by atoms with E-state index >= 15 is 0 Å². The number of azide groups is 1. The van der Waals surface area contributed by atoms with Crippen molar-refractivity contribution in [3.8, 4) is 0 Å². The van der Waals surface area contributed by atoms with Gasteiger partial charge in [0.15, 0.2) is 0 Å². The zero-order valence-corrected chi connectivity index (χ0v) is 10.1. The number of rotatable bonds is 5. The third-order valence-corrected chi connectivity index (χ3v) is 3.73. The second-order valence-corrected chi connectivity index (χ2v) is 5.25. The monoisotopic (exact) mass is 233 g/mol. The molecule has 1 saturated carbocycles. The van der Waals surface area contributed by atoms with Crippen LogP contribution >= 0.6 is 0 Å². The lowest BCUT2D eigenvalue weighted by Crippen LogP contribution is -2.25. The summed E-state index contributed by atoms with van der Waals surface area (Å²) in [6.45, 7) is 0.606. The van der Waals surface area contributed by atoms with Crippen LogP contribution in [0, 0.1) is 11.8 Å². The van der Waals surface area contributed by atoms with Crippen molar-refractivity contribution < 1.29 is 4.79 Å². The Morgan fingerprint density at radius 3 is 3.00 bits per heavy atom. The Labute approximate surface area is 102 Å². The molecule has 0 aliphatic heterocycles. The van der Waals surface area contributed by atoms with E-state index in [1.807, 2.05) is 0 Å². The molecule has 0 N–H and O–H groups in total. The van der Waals surface area contributed by atoms with Crippen molar-refractivity contribution in [2.75, 3.05) is 6.54 Å². The van der Waals surface area contributed by atoms with Gasteiger partial charge in [-0.2, -0.15) is 0 Å². The third-order valence-electron chi connectivity index (χ3n) is 3.73. The Morgan fingerprint density at radius 2 is 2.24 bits per heavy atom. The minimum atomic E-state index is 0.449. The Balaban J connectivity index is 1.78. The topological polar surface area (TPSA) is 65.8 Å². The molecule has 0 unspecified atom stereocenters. The maximum Gasteiger partial charge on any atom is 0.133 e. The van der Waals surface area contributed by atoms with Crippen molar-refractivity contribution in [1.29, 1.82) is 0 Å². The number of carbonyl (C=O) groups is 1. The summed E-state index contributed by atoms with van der Waals surface area (Å²) in [7, 11) is 0. The molecule has 0 amide bonds. The summed E-state index contributed by atoms with van der Waals surface area (Å²) < 4.78 is 0. The van der Waals surface area contributed by atoms with Crippen molar-refractivity contribution >= 4 is 5.78 Å². The second kappa shape index (κ2) is 5.87. The Bertz CT molecular complexity index is 369. The molecule has 1 fully saturated rings. The average molecular weight is 233 g/mol. The maximum absolute atomic E-state index is 11.4. The molecule has 0 saturated heterocycles. The van der Waals surface area contributed by atoms with Crippen LogP contribution in [0.4, 0.5) is 0 Å². The first-order valence-corrected chi connectivity index (χ1v) is 6.50. The van der Waals surface area contributed by atoms with Gasteiger partial charge in [-0.15, -0.1) is 0 Å². The largest absolute Gasteiger partial charge is 0.300 e. The van der Waals surface area contributed by atoms with Crippen molar-refractivity contribution in [3.05, 3.63) is 22.1 Å². The number of Topliss-reactive ketones (excluding diaryl/α,β-unsaturated/α-hetero) is 1. The molecular formula is C13H19N3O. The van der Waals surface area contributed by atoms with Crippen molar-refractivity contribution in [3.63, 3.8) is 0 Å². The summed E-state index contributed by atoms with van der Waals surface area (Å²) in [5.74, 6) is 1.57. The Kier molecular flexibility index (Phi) is 4.21. The van der Waals surface area contributed by atoms with Gasteiger partial charge in [0, 0.05) is 24.3 Å². The van der Waals surface area contributed by atoms with E-state index in [0.717, 1.165) is 38.5 Å². The van der Waals surface area contributed by atoms with Crippen molar-refractivity contribution in [1.82, 2.24) is 0 Å². The van der Waals surface area contributed by atoms with Gasteiger partial charge in [0.1, 0.15) is 5.78 Å². The lowest BCUT2D eigenvalue weighted by molar-refractivity contribution is -0.122. The van der Waals surface area contributed by atoms with Crippen LogP contribution in [0.3, 0.4) is 0 Å². The minimum absolute atomic E-state index is 0.449. The van der Waals surface area contributed by atoms with Crippen LogP contribution in [0.5, 0.6) is 0 Å². The molecule has 2 bridgehead atoms. The van der Waals surface area contributed by atoms with E-state index in [4.69, 9.17) is 5.53 Å². The van der Waals surface area contributed by atoms with E-state index < -0.39 is 0 Å². The van der Waals surface area contributed by atoms with Crippen LogP contribution < -0.4 is 0 Å². The van der Waals surface area contributed by atoms with Gasteiger partial charge in [-0.1, -0.05) is 16.8 Å². The van der Waals surface area contributed by atoms with E-state index in [1.165, 1.54) is 12.0 Å². The van der Waals surface area contributed by atoms with Gasteiger partial charge in [0.05, 0.1) is 0 Å². The lowest BCUT2D eigenvalue weighted by Gasteiger charge is -2.32. The number of ketones is 1. The quantitative estimate of drug-likeness (QED) is 0.234. The van der Waals surface area contributed by atoms with Crippen LogP contribution in [0.1, 0.15) is 44.9 Å². The molecule has 0 heterocycles. The SMILES string of the molecule is [N-]=[N+]=NCCCCC1=C[C@H]2CC(=O)C[C@@H](C1)C2. The first-order valence-electron chi connectivity index (χ1n) is 6.50. The molecule has 0 aromatic heterocycles. The molecule has 2 aliphatic rings. The van der Waals surface area contributed by atoms with E-state index in [1.54, 1.807) is 0 Å². The molecule has 2 atom stereocenters. The van der Waals surface area contributed by atoms with Gasteiger partial charge < -0.3 is 0 Å². The van der Waals surface area contributed by atoms with E-state index in [2.05, 4.69) is 16.1 Å². The fourth-order valence-corrected chi connectivity index (χ4v) is 3.11. The zero-order chi connectivity index (χ0) is 12.1. The van der Waals surface area contributed by atoms with E-state index in [-0.39, 0.29) is 0 Å². The first kappa shape index (κ1) is 12.2. The average Bonchev–Trinajstić information content (AvgIpc) is 2.27. The molecule has 4 heteroatoms. The van der Waals surface area contributed by atoms with Crippen LogP contribution in [0.25, 0.3) is 10.4 Å². The fourth-order valence-electron chi connectivity index (χ4n) is 3.11. The number of nitrogens with zero attached hydrogens (tertiary/aromatic N) is 3. The third kappa shape index (κ3) is 3.60. The molecule has 2 rings (SSSR count). The molecule has 0 spiro atoms. The van der Waals surface area contributed by atoms with Crippen molar-refractivity contribution in [2.45, 2.75) is 44.9 Å². The molecule has 17 heavy (non-hydrogen) atoms. The van der Waals surface area contributed by atoms with Gasteiger partial charge in [-0.3, -0.25) is 4.79 Å². The lowest BCUT2D eigenvalue weighted by atomic mass is 9.72. The summed E-state index contributed by atoms with van der Waals surface area (Å²) in [6, 6.07) is 0. The predicted octanol–water partition coefficient (Wildman–Crippen LogP) is 3.78. The predicted molar refractivity (Wildman–Crippen MR) is 66.4 cm³/mol. The summed E-state index contributed by atoms with van der Waals surface area (Å²) >= 11 is 0. The summed E-state index contributed by atoms with van der Waals surface area (Å²) in [5, 5.41) is 3.54. The number of hydrogen-bond donors (Lipinski definition) is 0. The smallest absolute Gasteiger partial charge is 0.133 e. The maximum atomic E-state index is 11.4. The van der Waals surface area contributed by atoms with E-state index in [9.17, 15) is 4.79 Å². The molecule has 2 aliphatic carbocycles. The number of hydrogen-bond acceptors (Lipinski definition) is 2. The summed E-state index contributed by atoms with van der Waals surface area (Å²) in [4.78, 5) is 14.2. The Morgan fingerprint density at radius 1 is 1.35 bits per heavy atom. The second-order valence-electron chi connectivity index (χ2n) is 5.25. The van der Waals surface area contributed by atoms with Gasteiger partial charge in [-0.25, -0.2) is 0 Å². The minimum Gasteiger partial charge on any atom is -0.300 e. The van der Waals surface area contributed by atoms with Crippen LogP contribution in [-0.2, 0) is 4.79 Å². The zero-order valence-electron chi connectivity index (χ0n) is 10.1. The molecule has 0 aromatic rings. The van der Waals surface area contributed by atoms with Gasteiger partial charge >= 0.3 is 0 Å². The standard InChI is InChI=1S/C13H19N3O/c14-16-15-4-2-1-3-10-5-11-7-12(6-10)9-13(17)8-11/h5,11-12H,1-4,6-9H2/t11-,12+/m1/s1. The highest BCUT2D eigenvalue weighted by molar-refractivity contribution is 5.80. The molecule has 4 nitrogen and oxygen atoms in total. The highest BCUT2D eigenvalue weighted by Crippen LogP contribution is 2.38. The first-order chi connectivity index (χ1) is 8.28. The molecular weight excluding hydrogens is 214 g/mol. The van der Waals surface area contributed by atoms with Gasteiger partial charge in [0.2, 0.25) is 0 Å². The summed E-state index contributed by atoms with van der Waals surface area (Å²) in [6.07, 6.45) is 9.40. The number of allylic oxidation sites excluding steroid dienone is 2. The molecule has 0 radical (unpaired) electrons. The summed E-state index contributed by atoms with van der Waals surface area (Å²) in [5.41, 5.74) is 9.69. The van der Waals surface area contributed by atoms with Crippen LogP contribution in [0.15, 0.2) is 16.8 Å². The Hall–Kier alpha value is -1.28. The number of carbonyl (C=O) groups excluding carboxylic acids is 1. The number of unbranched alkanes of at least 4 members (excludes halogenated alkanes) is 1. The fraction of sp³-hybridized carbons (Fsp3) is 0.769. The van der Waals surface area contributed by atoms with Gasteiger partial charge in [-0.05, 0) is 49.5 Å². The highest BCUT2D eigenvalue weighted by Gasteiger charge is 2.30.